The number of carbonyl (C=O) groups is 2. The Hall–Kier alpha value is -4.38. The number of alkyl halides is 3. The molecule has 0 saturated carbocycles. The summed E-state index contributed by atoms with van der Waals surface area (Å²) in [5.74, 6) is -0.404. The smallest absolute Gasteiger partial charge is 0.419 e. The average Bonchev–Trinajstić information content (AvgIpc) is 3.00. The van der Waals surface area contributed by atoms with Gasteiger partial charge in [-0.05, 0) is 60.2 Å². The molecule has 42 heavy (non-hydrogen) atoms. The molecule has 8 nitrogen and oxygen atoms in total. The van der Waals surface area contributed by atoms with Gasteiger partial charge in [0.25, 0.3) is 0 Å². The Morgan fingerprint density at radius 2 is 1.95 bits per heavy atom. The van der Waals surface area contributed by atoms with E-state index in [4.69, 9.17) is 21.1 Å². The van der Waals surface area contributed by atoms with E-state index in [1.54, 1.807) is 18.3 Å². The van der Waals surface area contributed by atoms with Gasteiger partial charge in [-0.3, -0.25) is 14.6 Å². The van der Waals surface area contributed by atoms with Crippen LogP contribution >= 0.6 is 11.6 Å². The first-order valence-corrected chi connectivity index (χ1v) is 13.4. The number of aldehydes is 2. The predicted octanol–water partition coefficient (Wildman–Crippen LogP) is 5.92. The summed E-state index contributed by atoms with van der Waals surface area (Å²) in [6.45, 7) is 0. The van der Waals surface area contributed by atoms with Crippen LogP contribution in [0.1, 0.15) is 57.1 Å². The number of dihydropyridines is 1. The van der Waals surface area contributed by atoms with Gasteiger partial charge in [0.1, 0.15) is 11.4 Å². The first-order chi connectivity index (χ1) is 20.2. The standard InChI is InChI=1S/C30H26ClF3N4O4/c1-41-27-18(16-40)13-23(30(32,33)34)26(37-27)36-25-8-4-5-19-20(25)6-3-7-21(19)29(22-10-12-35-14-24(22)31)11-9-17(15-39)28(38-29)42-2/h3,6-7,9-16,25,38H,4-5,8H2,1-2H3,(H,36,37)/t25?,29-/m0/s1. The molecule has 2 N–H and O–H groups in total. The largest absolute Gasteiger partial charge is 0.482 e. The number of nitrogens with one attached hydrogen (secondary N) is 2. The molecule has 5 rings (SSSR count). The lowest BCUT2D eigenvalue weighted by Crippen LogP contribution is -2.45. The number of hydrogen-bond acceptors (Lipinski definition) is 8. The molecule has 1 unspecified atom stereocenters. The third-order valence-electron chi connectivity index (χ3n) is 7.50. The SMILES string of the molecule is COC1=C(C=O)C=C[C@@](c2ccncc2Cl)(c2cccc3c2CCCC3Nc2nc(OC)c(C=O)cc2C(F)(F)F)N1. The van der Waals surface area contributed by atoms with E-state index in [1.807, 2.05) is 24.3 Å². The summed E-state index contributed by atoms with van der Waals surface area (Å²) in [6, 6.07) is 7.54. The highest BCUT2D eigenvalue weighted by Gasteiger charge is 2.41. The molecule has 2 aliphatic rings. The third-order valence-corrected chi connectivity index (χ3v) is 7.80. The van der Waals surface area contributed by atoms with Crippen molar-refractivity contribution in [3.8, 4) is 5.88 Å². The minimum Gasteiger partial charge on any atom is -0.482 e. The van der Waals surface area contributed by atoms with E-state index in [0.29, 0.717) is 41.7 Å². The number of hydrogen-bond donors (Lipinski definition) is 2. The highest BCUT2D eigenvalue weighted by Crippen LogP contribution is 2.45. The molecule has 2 atom stereocenters. The number of carbonyl (C=O) groups excluding carboxylic acids is 2. The van der Waals surface area contributed by atoms with E-state index in [9.17, 15) is 22.8 Å². The molecule has 12 heteroatoms. The van der Waals surface area contributed by atoms with Crippen LogP contribution in [0.4, 0.5) is 19.0 Å². The van der Waals surface area contributed by atoms with Crippen LogP contribution in [0.25, 0.3) is 0 Å². The van der Waals surface area contributed by atoms with Crippen molar-refractivity contribution >= 4 is 30.0 Å². The minimum absolute atomic E-state index is 0.210. The van der Waals surface area contributed by atoms with Crippen LogP contribution in [-0.2, 0) is 27.7 Å². The van der Waals surface area contributed by atoms with Crippen molar-refractivity contribution in [1.29, 1.82) is 0 Å². The summed E-state index contributed by atoms with van der Waals surface area (Å²) >= 11 is 6.66. The molecule has 0 radical (unpaired) electrons. The lowest BCUT2D eigenvalue weighted by atomic mass is 9.74. The molecule has 1 aliphatic heterocycles. The molecule has 218 valence electrons. The predicted molar refractivity (Wildman–Crippen MR) is 149 cm³/mol. The molecule has 1 aliphatic carbocycles. The highest BCUT2D eigenvalue weighted by atomic mass is 35.5. The number of allylic oxidation sites excluding steroid dienone is 2. The van der Waals surface area contributed by atoms with Crippen molar-refractivity contribution in [3.05, 3.63) is 105 Å². The van der Waals surface area contributed by atoms with E-state index in [2.05, 4.69) is 20.6 Å². The summed E-state index contributed by atoms with van der Waals surface area (Å²) in [5, 5.41) is 6.71. The number of pyridine rings is 2. The topological polar surface area (TPSA) is 102 Å². The second kappa shape index (κ2) is 11.5. The number of fused-ring (bicyclic) bond motifs is 1. The number of nitrogens with zero attached hydrogens (tertiary/aromatic N) is 2. The fourth-order valence-corrected chi connectivity index (χ4v) is 5.89. The van der Waals surface area contributed by atoms with Gasteiger partial charge in [-0.2, -0.15) is 18.2 Å². The van der Waals surface area contributed by atoms with Gasteiger partial charge in [0, 0.05) is 18.0 Å². The first kappa shape index (κ1) is 29.1. The Kier molecular flexibility index (Phi) is 7.96. The quantitative estimate of drug-likeness (QED) is 0.308. The van der Waals surface area contributed by atoms with Crippen molar-refractivity contribution in [2.75, 3.05) is 19.5 Å². The van der Waals surface area contributed by atoms with Crippen molar-refractivity contribution in [1.82, 2.24) is 15.3 Å². The Bertz CT molecular complexity index is 1610. The van der Waals surface area contributed by atoms with E-state index >= 15 is 0 Å². The fraction of sp³-hybridized carbons (Fsp3) is 0.267. The van der Waals surface area contributed by atoms with E-state index in [1.165, 1.54) is 20.4 Å². The average molecular weight is 599 g/mol. The zero-order valence-electron chi connectivity index (χ0n) is 22.6. The lowest BCUT2D eigenvalue weighted by molar-refractivity contribution is -0.137. The highest BCUT2D eigenvalue weighted by molar-refractivity contribution is 6.31. The Morgan fingerprint density at radius 3 is 2.62 bits per heavy atom. The number of methoxy groups -OCH3 is 2. The van der Waals surface area contributed by atoms with Crippen LogP contribution in [0, 0.1) is 0 Å². The van der Waals surface area contributed by atoms with Crippen LogP contribution in [0.2, 0.25) is 5.02 Å². The summed E-state index contributed by atoms with van der Waals surface area (Å²) < 4.78 is 52.8. The maximum atomic E-state index is 14.1. The van der Waals surface area contributed by atoms with Crippen molar-refractivity contribution in [2.24, 2.45) is 0 Å². The lowest BCUT2D eigenvalue weighted by Gasteiger charge is -2.40. The Balaban J connectivity index is 1.66. The van der Waals surface area contributed by atoms with Gasteiger partial charge in [0.05, 0.1) is 42.0 Å². The van der Waals surface area contributed by atoms with E-state index in [-0.39, 0.29) is 23.6 Å². The van der Waals surface area contributed by atoms with Gasteiger partial charge in [0.2, 0.25) is 5.88 Å². The van der Waals surface area contributed by atoms with Crippen LogP contribution in [0.5, 0.6) is 5.88 Å². The van der Waals surface area contributed by atoms with Gasteiger partial charge >= 0.3 is 6.18 Å². The maximum absolute atomic E-state index is 14.1. The number of anilines is 1. The van der Waals surface area contributed by atoms with Gasteiger partial charge in [0.15, 0.2) is 18.5 Å². The van der Waals surface area contributed by atoms with Crippen molar-refractivity contribution in [3.63, 3.8) is 0 Å². The zero-order valence-corrected chi connectivity index (χ0v) is 23.3. The number of aromatic nitrogens is 2. The summed E-state index contributed by atoms with van der Waals surface area (Å²) in [5.41, 5.74) is 0.946. The Labute approximate surface area is 244 Å². The monoisotopic (exact) mass is 598 g/mol. The molecule has 3 aromatic rings. The summed E-state index contributed by atoms with van der Waals surface area (Å²) in [4.78, 5) is 31.3. The number of rotatable bonds is 8. The van der Waals surface area contributed by atoms with Crippen LogP contribution in [0.3, 0.4) is 0 Å². The van der Waals surface area contributed by atoms with Crippen LogP contribution < -0.4 is 15.4 Å². The molecule has 0 saturated heterocycles. The molecule has 0 bridgehead atoms. The molecule has 3 heterocycles. The van der Waals surface area contributed by atoms with Crippen LogP contribution in [0.15, 0.2) is 66.3 Å². The van der Waals surface area contributed by atoms with Gasteiger partial charge in [-0.1, -0.05) is 29.8 Å². The molecule has 0 fully saturated rings. The first-order valence-electron chi connectivity index (χ1n) is 13.0. The molecular formula is C30H26ClF3N4O4. The number of halogens is 4. The molecule has 2 aromatic heterocycles. The third kappa shape index (κ3) is 5.09. The van der Waals surface area contributed by atoms with Gasteiger partial charge in [-0.15, -0.1) is 0 Å². The van der Waals surface area contributed by atoms with Gasteiger partial charge < -0.3 is 20.1 Å². The zero-order chi connectivity index (χ0) is 30.1. The Morgan fingerprint density at radius 1 is 1.14 bits per heavy atom. The fourth-order valence-electron chi connectivity index (χ4n) is 5.62. The van der Waals surface area contributed by atoms with Crippen molar-refractivity contribution in [2.45, 2.75) is 37.0 Å². The second-order valence-electron chi connectivity index (χ2n) is 9.79. The normalized spacial score (nSPS) is 19.9. The molecule has 1 aromatic carbocycles. The van der Waals surface area contributed by atoms with Gasteiger partial charge in [-0.25, -0.2) is 0 Å². The molecule has 0 spiro atoms. The number of ether oxygens (including phenoxy) is 2. The molecular weight excluding hydrogens is 573 g/mol. The summed E-state index contributed by atoms with van der Waals surface area (Å²) in [7, 11) is 2.68. The minimum atomic E-state index is -4.77. The number of benzene rings is 1. The van der Waals surface area contributed by atoms with Crippen molar-refractivity contribution < 1.29 is 32.2 Å². The maximum Gasteiger partial charge on any atom is 0.419 e. The van der Waals surface area contributed by atoms with E-state index < -0.39 is 29.1 Å². The second-order valence-corrected chi connectivity index (χ2v) is 10.2. The summed E-state index contributed by atoms with van der Waals surface area (Å²) in [6.07, 6.45) is 4.58. The van der Waals surface area contributed by atoms with Crippen LogP contribution in [-0.4, -0.2) is 36.8 Å². The molecule has 0 amide bonds. The van der Waals surface area contributed by atoms with E-state index in [0.717, 1.165) is 22.8 Å².